The number of piperidine rings is 1. The summed E-state index contributed by atoms with van der Waals surface area (Å²) in [5.74, 6) is 1.03. The van der Waals surface area contributed by atoms with Gasteiger partial charge in [-0.05, 0) is 43.0 Å². The predicted octanol–water partition coefficient (Wildman–Crippen LogP) is 1.47. The molecule has 31 heavy (non-hydrogen) atoms. The van der Waals surface area contributed by atoms with E-state index in [-0.39, 0.29) is 11.3 Å². The third-order valence-corrected chi connectivity index (χ3v) is 5.55. The normalized spacial score (nSPS) is 14.5. The fourth-order valence-electron chi connectivity index (χ4n) is 3.75. The van der Waals surface area contributed by atoms with Crippen molar-refractivity contribution in [3.63, 3.8) is 0 Å². The van der Waals surface area contributed by atoms with Crippen LogP contribution >= 0.6 is 0 Å². The lowest BCUT2D eigenvalue weighted by molar-refractivity contribution is 0.0705. The Hall–Kier alpha value is -3.66. The zero-order valence-electron chi connectivity index (χ0n) is 17.1. The maximum atomic E-state index is 12.8. The molecule has 1 aliphatic heterocycles. The van der Waals surface area contributed by atoms with Gasteiger partial charge >= 0.3 is 5.69 Å². The van der Waals surface area contributed by atoms with Gasteiger partial charge in [0.05, 0.1) is 18.4 Å². The van der Waals surface area contributed by atoms with Crippen LogP contribution in [0.4, 0.5) is 5.95 Å². The molecule has 1 aromatic carbocycles. The average molecular weight is 424 g/mol. The third-order valence-electron chi connectivity index (χ3n) is 5.55. The van der Waals surface area contributed by atoms with E-state index in [1.165, 1.54) is 12.4 Å². The smallest absolute Gasteiger partial charge is 0.332 e. The number of hydrogen-bond donors (Lipinski definition) is 2. The number of aromatic nitrogens is 4. The number of nitrogens with zero attached hydrogens (tertiary/aromatic N) is 5. The summed E-state index contributed by atoms with van der Waals surface area (Å²) in [6, 6.07) is 7.39. The summed E-state index contributed by atoms with van der Waals surface area (Å²) >= 11 is 0. The van der Waals surface area contributed by atoms with Gasteiger partial charge in [0.15, 0.2) is 0 Å². The Morgan fingerprint density at radius 3 is 2.45 bits per heavy atom. The first-order chi connectivity index (χ1) is 15.1. The minimum absolute atomic E-state index is 0.0614. The van der Waals surface area contributed by atoms with Gasteiger partial charge in [0.25, 0.3) is 5.91 Å². The number of hydrogen-bond acceptors (Lipinski definition) is 7. The van der Waals surface area contributed by atoms with Crippen molar-refractivity contribution in [1.29, 1.82) is 0 Å². The minimum atomic E-state index is -0.641. The van der Waals surface area contributed by atoms with Gasteiger partial charge in [-0.2, -0.15) is 0 Å². The summed E-state index contributed by atoms with van der Waals surface area (Å²) < 4.78 is 8.55. The first kappa shape index (κ1) is 20.6. The predicted molar refractivity (Wildman–Crippen MR) is 113 cm³/mol. The lowest BCUT2D eigenvalue weighted by Crippen LogP contribution is -2.37. The molecule has 1 amide bonds. The van der Waals surface area contributed by atoms with Crippen LogP contribution < -0.4 is 20.8 Å². The fraction of sp³-hybridized carbons (Fsp3) is 0.333. The van der Waals surface area contributed by atoms with Gasteiger partial charge in [0.2, 0.25) is 5.95 Å². The topological polar surface area (TPSA) is 115 Å². The highest BCUT2D eigenvalue weighted by molar-refractivity contribution is 5.92. The van der Waals surface area contributed by atoms with Crippen molar-refractivity contribution < 1.29 is 14.7 Å². The molecule has 162 valence electrons. The molecule has 1 fully saturated rings. The van der Waals surface area contributed by atoms with Gasteiger partial charge < -0.3 is 9.64 Å². The van der Waals surface area contributed by atoms with Crippen molar-refractivity contribution in [3.8, 4) is 11.4 Å². The van der Waals surface area contributed by atoms with Crippen LogP contribution in [0.2, 0.25) is 0 Å². The van der Waals surface area contributed by atoms with Crippen molar-refractivity contribution in [2.75, 3.05) is 25.1 Å². The van der Waals surface area contributed by atoms with Crippen molar-refractivity contribution in [3.05, 3.63) is 65.1 Å². The molecule has 3 heterocycles. The van der Waals surface area contributed by atoms with Crippen molar-refractivity contribution in [1.82, 2.24) is 24.6 Å². The van der Waals surface area contributed by atoms with E-state index in [1.807, 2.05) is 30.5 Å². The van der Waals surface area contributed by atoms with E-state index in [0.29, 0.717) is 18.4 Å². The van der Waals surface area contributed by atoms with Crippen LogP contribution in [0, 0.1) is 5.92 Å². The van der Waals surface area contributed by atoms with E-state index in [4.69, 9.17) is 9.94 Å². The number of carbonyl (C=O) groups excluding carboxylic acids is 1. The minimum Gasteiger partial charge on any atom is -0.497 e. The Bertz CT molecular complexity index is 1080. The summed E-state index contributed by atoms with van der Waals surface area (Å²) in [7, 11) is 1.61. The van der Waals surface area contributed by atoms with Crippen molar-refractivity contribution in [2.45, 2.75) is 19.4 Å². The zero-order chi connectivity index (χ0) is 21.8. The van der Waals surface area contributed by atoms with E-state index in [2.05, 4.69) is 14.9 Å². The Morgan fingerprint density at radius 1 is 1.16 bits per heavy atom. The highest BCUT2D eigenvalue weighted by Gasteiger charge is 2.22. The molecule has 3 aromatic rings. The van der Waals surface area contributed by atoms with E-state index in [1.54, 1.807) is 27.9 Å². The number of nitrogens with one attached hydrogen (secondary N) is 1. The molecule has 0 aliphatic carbocycles. The summed E-state index contributed by atoms with van der Waals surface area (Å²) in [4.78, 5) is 34.7. The summed E-state index contributed by atoms with van der Waals surface area (Å²) in [5, 5.41) is 8.67. The van der Waals surface area contributed by atoms with Gasteiger partial charge in [-0.1, -0.05) is 0 Å². The third kappa shape index (κ3) is 4.43. The van der Waals surface area contributed by atoms with Crippen molar-refractivity contribution >= 4 is 11.9 Å². The largest absolute Gasteiger partial charge is 0.497 e. The summed E-state index contributed by atoms with van der Waals surface area (Å²) in [5.41, 5.74) is 2.50. The van der Waals surface area contributed by atoms with Gasteiger partial charge in [0, 0.05) is 44.4 Å². The van der Waals surface area contributed by atoms with Crippen LogP contribution in [0.15, 0.2) is 53.8 Å². The maximum Gasteiger partial charge on any atom is 0.332 e. The van der Waals surface area contributed by atoms with Crippen LogP contribution in [-0.2, 0) is 6.54 Å². The quantitative estimate of drug-likeness (QED) is 0.455. The molecule has 0 atom stereocenters. The Morgan fingerprint density at radius 2 is 1.84 bits per heavy atom. The second kappa shape index (κ2) is 9.00. The van der Waals surface area contributed by atoms with Crippen LogP contribution in [-0.4, -0.2) is 50.4 Å². The monoisotopic (exact) mass is 424 g/mol. The molecule has 0 radical (unpaired) electrons. The number of benzene rings is 1. The molecule has 1 saturated heterocycles. The Kier molecular flexibility index (Phi) is 5.99. The summed E-state index contributed by atoms with van der Waals surface area (Å²) in [6.07, 6.45) is 8.21. The number of hydroxylamine groups is 1. The lowest BCUT2D eigenvalue weighted by Gasteiger charge is -2.31. The molecule has 10 heteroatoms. The van der Waals surface area contributed by atoms with Crippen molar-refractivity contribution in [2.24, 2.45) is 5.92 Å². The Balaban J connectivity index is 1.36. The van der Waals surface area contributed by atoms with E-state index < -0.39 is 5.91 Å². The SMILES string of the molecule is COc1ccc(-n2ccn(CC3CCN(c4ncc(C(=O)NO)cn4)CC3)c2=O)cc1. The standard InChI is InChI=1S/C21H24N6O4/c1-31-18-4-2-17(3-5-18)27-11-10-26(21(27)29)14-15-6-8-25(9-7-15)20-22-12-16(13-23-20)19(28)24-30/h2-5,10-13,15,30H,6-9,14H2,1H3,(H,24,28). The fourth-order valence-corrected chi connectivity index (χ4v) is 3.75. The van der Waals surface area contributed by atoms with E-state index >= 15 is 0 Å². The second-order valence-electron chi connectivity index (χ2n) is 7.44. The second-order valence-corrected chi connectivity index (χ2v) is 7.44. The maximum absolute atomic E-state index is 12.8. The molecule has 1 aliphatic rings. The Labute approximate surface area is 178 Å². The molecule has 0 spiro atoms. The number of ether oxygens (including phenoxy) is 1. The number of imidazole rings is 1. The lowest BCUT2D eigenvalue weighted by atomic mass is 9.97. The number of rotatable bonds is 6. The summed E-state index contributed by atoms with van der Waals surface area (Å²) in [6.45, 7) is 2.20. The number of amides is 1. The molecular formula is C21H24N6O4. The average Bonchev–Trinajstić information content (AvgIpc) is 3.19. The number of methoxy groups -OCH3 is 1. The van der Waals surface area contributed by atoms with E-state index in [0.717, 1.165) is 37.4 Å². The van der Waals surface area contributed by atoms with Gasteiger partial charge in [-0.25, -0.2) is 20.2 Å². The molecule has 0 unspecified atom stereocenters. The molecule has 2 N–H and O–H groups in total. The van der Waals surface area contributed by atoms with E-state index in [9.17, 15) is 9.59 Å². The van der Waals surface area contributed by atoms with Crippen LogP contribution in [0.3, 0.4) is 0 Å². The van der Waals surface area contributed by atoms with Crippen LogP contribution in [0.1, 0.15) is 23.2 Å². The van der Waals surface area contributed by atoms with Crippen LogP contribution in [0.25, 0.3) is 5.69 Å². The molecular weight excluding hydrogens is 400 g/mol. The van der Waals surface area contributed by atoms with Crippen LogP contribution in [0.5, 0.6) is 5.75 Å². The first-order valence-corrected chi connectivity index (χ1v) is 10.0. The highest BCUT2D eigenvalue weighted by Crippen LogP contribution is 2.22. The number of anilines is 1. The first-order valence-electron chi connectivity index (χ1n) is 10.0. The highest BCUT2D eigenvalue weighted by atomic mass is 16.5. The molecule has 2 aromatic heterocycles. The van der Waals surface area contributed by atoms with Gasteiger partial charge in [0.1, 0.15) is 5.75 Å². The molecule has 10 nitrogen and oxygen atoms in total. The van der Waals surface area contributed by atoms with Gasteiger partial charge in [-0.3, -0.25) is 19.1 Å². The number of carbonyl (C=O) groups is 1. The zero-order valence-corrected chi connectivity index (χ0v) is 17.1. The van der Waals surface area contributed by atoms with Gasteiger partial charge in [-0.15, -0.1) is 0 Å². The molecule has 0 saturated carbocycles. The molecule has 0 bridgehead atoms. The molecule has 4 rings (SSSR count).